The van der Waals surface area contributed by atoms with Crippen molar-refractivity contribution < 1.29 is 4.79 Å². The van der Waals surface area contributed by atoms with Gasteiger partial charge in [-0.05, 0) is 24.9 Å². The van der Waals surface area contributed by atoms with Crippen molar-refractivity contribution in [3.8, 4) is 0 Å². The van der Waals surface area contributed by atoms with E-state index in [0.29, 0.717) is 6.54 Å². The third kappa shape index (κ3) is 4.42. The third-order valence-corrected chi connectivity index (χ3v) is 7.06. The second kappa shape index (κ2) is 8.90. The van der Waals surface area contributed by atoms with Gasteiger partial charge < -0.3 is 4.90 Å². The van der Waals surface area contributed by atoms with E-state index in [1.54, 1.807) is 16.7 Å². The van der Waals surface area contributed by atoms with E-state index < -0.39 is 0 Å². The molecule has 2 fully saturated rings. The van der Waals surface area contributed by atoms with Crippen LogP contribution in [-0.2, 0) is 17.9 Å². The summed E-state index contributed by atoms with van der Waals surface area (Å²) >= 11 is 1.47. The highest BCUT2D eigenvalue weighted by atomic mass is 32.1. The van der Waals surface area contributed by atoms with Crippen molar-refractivity contribution in [1.82, 2.24) is 24.1 Å². The van der Waals surface area contributed by atoms with E-state index in [1.807, 2.05) is 16.3 Å². The van der Waals surface area contributed by atoms with Gasteiger partial charge in [0.05, 0.1) is 11.7 Å². The summed E-state index contributed by atoms with van der Waals surface area (Å²) in [5.74, 6) is 0.268. The van der Waals surface area contributed by atoms with Crippen LogP contribution >= 0.6 is 11.3 Å². The first-order valence-corrected chi connectivity index (χ1v) is 11.8. The molecular weight excluding hydrogens is 410 g/mol. The Labute approximate surface area is 185 Å². The maximum Gasteiger partial charge on any atom is 0.258 e. The SMILES string of the molecule is O=C(C1CCCN1Cc1ccccc1)N1CCN(Cc2cc(=O)n3ccsc3n2)CC1. The number of carbonyl (C=O) groups excluding carboxylic acids is 1. The number of rotatable bonds is 5. The van der Waals surface area contributed by atoms with Gasteiger partial charge in [-0.2, -0.15) is 0 Å². The van der Waals surface area contributed by atoms with Crippen molar-refractivity contribution in [3.05, 3.63) is 69.6 Å². The molecule has 1 amide bonds. The molecule has 0 bridgehead atoms. The number of nitrogens with zero attached hydrogens (tertiary/aromatic N) is 5. The van der Waals surface area contributed by atoms with Gasteiger partial charge in [-0.3, -0.25) is 23.8 Å². The van der Waals surface area contributed by atoms with Crippen LogP contribution in [0.2, 0.25) is 0 Å². The van der Waals surface area contributed by atoms with Crippen LogP contribution in [0.5, 0.6) is 0 Å². The van der Waals surface area contributed by atoms with Gasteiger partial charge in [-0.1, -0.05) is 30.3 Å². The predicted molar refractivity (Wildman–Crippen MR) is 121 cm³/mol. The predicted octanol–water partition coefficient (Wildman–Crippen LogP) is 2.06. The molecule has 8 heteroatoms. The Hall–Kier alpha value is -2.55. The Morgan fingerprint density at radius 3 is 2.68 bits per heavy atom. The number of hydrogen-bond donors (Lipinski definition) is 0. The van der Waals surface area contributed by atoms with Crippen molar-refractivity contribution in [1.29, 1.82) is 0 Å². The van der Waals surface area contributed by atoms with Gasteiger partial charge >= 0.3 is 0 Å². The molecule has 1 aromatic carbocycles. The molecule has 0 radical (unpaired) electrons. The van der Waals surface area contributed by atoms with Gasteiger partial charge in [-0.25, -0.2) is 4.98 Å². The molecule has 4 heterocycles. The molecule has 3 aromatic rings. The minimum Gasteiger partial charge on any atom is -0.339 e. The van der Waals surface area contributed by atoms with Crippen molar-refractivity contribution in [2.24, 2.45) is 0 Å². The molecule has 7 nitrogen and oxygen atoms in total. The molecule has 1 atom stereocenters. The van der Waals surface area contributed by atoms with Crippen LogP contribution in [0.4, 0.5) is 0 Å². The smallest absolute Gasteiger partial charge is 0.258 e. The van der Waals surface area contributed by atoms with Gasteiger partial charge in [-0.15, -0.1) is 11.3 Å². The highest BCUT2D eigenvalue weighted by Crippen LogP contribution is 2.22. The fraction of sp³-hybridized carbons (Fsp3) is 0.435. The standard InChI is InChI=1S/C23H27N5O2S/c29-21-15-19(24-23-28(21)13-14-31-23)17-25-9-11-26(12-10-25)22(30)20-7-4-8-27(20)16-18-5-2-1-3-6-18/h1-3,5-6,13-15,20H,4,7-12,16-17H2. The molecule has 2 aliphatic heterocycles. The topological polar surface area (TPSA) is 61.2 Å². The number of piperazine rings is 1. The first-order valence-electron chi connectivity index (χ1n) is 10.9. The van der Waals surface area contributed by atoms with Crippen LogP contribution < -0.4 is 5.56 Å². The van der Waals surface area contributed by atoms with E-state index in [4.69, 9.17) is 0 Å². The minimum absolute atomic E-state index is 0.00490. The average Bonchev–Trinajstić information content (AvgIpc) is 3.44. The van der Waals surface area contributed by atoms with Crippen LogP contribution in [0.15, 0.2) is 52.8 Å². The minimum atomic E-state index is -0.0326. The summed E-state index contributed by atoms with van der Waals surface area (Å²) in [5.41, 5.74) is 2.03. The van der Waals surface area contributed by atoms with Crippen LogP contribution in [0.1, 0.15) is 24.1 Å². The molecule has 162 valence electrons. The fourth-order valence-electron chi connectivity index (χ4n) is 4.65. The molecule has 0 saturated carbocycles. The van der Waals surface area contributed by atoms with Gasteiger partial charge in [0.25, 0.3) is 5.56 Å². The molecule has 5 rings (SSSR count). The lowest BCUT2D eigenvalue weighted by atomic mass is 10.1. The molecule has 2 aliphatic rings. The number of fused-ring (bicyclic) bond motifs is 1. The van der Waals surface area contributed by atoms with E-state index in [-0.39, 0.29) is 17.5 Å². The second-order valence-corrected chi connectivity index (χ2v) is 9.23. The Bertz CT molecular complexity index is 1100. The molecule has 31 heavy (non-hydrogen) atoms. The summed E-state index contributed by atoms with van der Waals surface area (Å²) in [6.07, 6.45) is 3.78. The summed E-state index contributed by atoms with van der Waals surface area (Å²) in [6.45, 7) is 5.55. The zero-order chi connectivity index (χ0) is 21.2. The summed E-state index contributed by atoms with van der Waals surface area (Å²) in [5, 5.41) is 1.88. The molecule has 0 aliphatic carbocycles. The molecule has 2 aromatic heterocycles. The zero-order valence-electron chi connectivity index (χ0n) is 17.5. The van der Waals surface area contributed by atoms with Gasteiger partial charge in [0.2, 0.25) is 5.91 Å². The first kappa shape index (κ1) is 20.4. The zero-order valence-corrected chi connectivity index (χ0v) is 18.3. The van der Waals surface area contributed by atoms with Crippen LogP contribution in [0.3, 0.4) is 0 Å². The van der Waals surface area contributed by atoms with Crippen molar-refractivity contribution in [2.45, 2.75) is 32.0 Å². The number of amides is 1. The number of hydrogen-bond acceptors (Lipinski definition) is 6. The Balaban J connectivity index is 1.18. The average molecular weight is 438 g/mol. The van der Waals surface area contributed by atoms with Gasteiger partial charge in [0, 0.05) is 56.9 Å². The number of thiazole rings is 1. The van der Waals surface area contributed by atoms with Crippen LogP contribution in [-0.4, -0.2) is 68.8 Å². The van der Waals surface area contributed by atoms with E-state index in [9.17, 15) is 9.59 Å². The largest absolute Gasteiger partial charge is 0.339 e. The quantitative estimate of drug-likeness (QED) is 0.612. The highest BCUT2D eigenvalue weighted by Gasteiger charge is 2.34. The summed E-state index contributed by atoms with van der Waals surface area (Å²) in [4.78, 5) is 37.4. The van der Waals surface area contributed by atoms with E-state index >= 15 is 0 Å². The maximum absolute atomic E-state index is 13.2. The monoisotopic (exact) mass is 437 g/mol. The number of carbonyl (C=O) groups is 1. The molecule has 2 saturated heterocycles. The Kier molecular flexibility index (Phi) is 5.85. The highest BCUT2D eigenvalue weighted by molar-refractivity contribution is 7.15. The number of likely N-dealkylation sites (tertiary alicyclic amines) is 1. The molecule has 0 spiro atoms. The van der Waals surface area contributed by atoms with Crippen molar-refractivity contribution in [2.75, 3.05) is 32.7 Å². The second-order valence-electron chi connectivity index (χ2n) is 8.36. The third-order valence-electron chi connectivity index (χ3n) is 6.30. The van der Waals surface area contributed by atoms with Crippen LogP contribution in [0, 0.1) is 0 Å². The lowest BCUT2D eigenvalue weighted by molar-refractivity contribution is -0.138. The van der Waals surface area contributed by atoms with Crippen molar-refractivity contribution >= 4 is 22.2 Å². The van der Waals surface area contributed by atoms with E-state index in [1.165, 1.54) is 16.9 Å². The number of aromatic nitrogens is 2. The molecule has 0 N–H and O–H groups in total. The normalized spacial score (nSPS) is 20.5. The van der Waals surface area contributed by atoms with Crippen LogP contribution in [0.25, 0.3) is 4.96 Å². The molecular formula is C23H27N5O2S. The fourth-order valence-corrected chi connectivity index (χ4v) is 5.39. The maximum atomic E-state index is 13.2. The Morgan fingerprint density at radius 1 is 1.06 bits per heavy atom. The lowest BCUT2D eigenvalue weighted by Gasteiger charge is -2.37. The number of benzene rings is 1. The molecule has 1 unspecified atom stereocenters. The summed E-state index contributed by atoms with van der Waals surface area (Å²) in [7, 11) is 0. The van der Waals surface area contributed by atoms with Gasteiger partial charge in [0.15, 0.2) is 4.96 Å². The first-order chi connectivity index (χ1) is 15.2. The summed E-state index contributed by atoms with van der Waals surface area (Å²) in [6, 6.07) is 12.0. The lowest BCUT2D eigenvalue weighted by Crippen LogP contribution is -2.53. The van der Waals surface area contributed by atoms with E-state index in [0.717, 1.165) is 62.8 Å². The summed E-state index contributed by atoms with van der Waals surface area (Å²) < 4.78 is 1.58. The van der Waals surface area contributed by atoms with Crippen molar-refractivity contribution in [3.63, 3.8) is 0 Å². The van der Waals surface area contributed by atoms with Gasteiger partial charge in [0.1, 0.15) is 0 Å². The Morgan fingerprint density at radius 2 is 1.87 bits per heavy atom. The van der Waals surface area contributed by atoms with E-state index in [2.05, 4.69) is 39.0 Å².